The summed E-state index contributed by atoms with van der Waals surface area (Å²) in [5, 5.41) is 1.31. The van der Waals surface area contributed by atoms with Gasteiger partial charge in [0, 0.05) is 0 Å². The lowest BCUT2D eigenvalue weighted by Crippen LogP contribution is -2.76. The van der Waals surface area contributed by atoms with Gasteiger partial charge in [0.25, 0.3) is 0 Å². The van der Waals surface area contributed by atoms with Crippen molar-refractivity contribution in [3.63, 3.8) is 0 Å². The zero-order chi connectivity index (χ0) is 9.73. The molecule has 0 atom stereocenters. The Labute approximate surface area is 80.8 Å². The van der Waals surface area contributed by atoms with Gasteiger partial charge in [-0.1, -0.05) is 30.3 Å². The molecule has 0 aromatic heterocycles. The highest BCUT2D eigenvalue weighted by atomic mass is 28.4. The van der Waals surface area contributed by atoms with Crippen LogP contribution in [0.25, 0.3) is 0 Å². The molecule has 0 spiro atoms. The van der Waals surface area contributed by atoms with Crippen LogP contribution in [-0.2, 0) is 0 Å². The zero-order valence-electron chi connectivity index (χ0n) is 8.39. The zero-order valence-corrected chi connectivity index (χ0v) is 9.39. The summed E-state index contributed by atoms with van der Waals surface area (Å²) in [5.41, 5.74) is 0. The SMILES string of the molecule is CN[Si](NC)(NC)c1ccccc1. The molecule has 0 aliphatic rings. The summed E-state index contributed by atoms with van der Waals surface area (Å²) < 4.78 is 0. The lowest BCUT2D eigenvalue weighted by molar-refractivity contribution is 0.941. The maximum Gasteiger partial charge on any atom is 0.314 e. The molecule has 0 radical (unpaired) electrons. The molecule has 1 aromatic carbocycles. The second-order valence-corrected chi connectivity index (χ2v) is 6.44. The van der Waals surface area contributed by atoms with E-state index in [0.717, 1.165) is 0 Å². The minimum atomic E-state index is -1.84. The first-order valence-electron chi connectivity index (χ1n) is 4.41. The summed E-state index contributed by atoms with van der Waals surface area (Å²) in [6, 6.07) is 10.4. The Morgan fingerprint density at radius 1 is 0.846 bits per heavy atom. The van der Waals surface area contributed by atoms with Crippen LogP contribution in [0.3, 0.4) is 0 Å². The summed E-state index contributed by atoms with van der Waals surface area (Å²) in [6.07, 6.45) is 0. The van der Waals surface area contributed by atoms with Crippen molar-refractivity contribution in [1.82, 2.24) is 14.9 Å². The van der Waals surface area contributed by atoms with Gasteiger partial charge in [-0.2, -0.15) is 0 Å². The monoisotopic (exact) mass is 195 g/mol. The van der Waals surface area contributed by atoms with Gasteiger partial charge in [-0.3, -0.25) is 0 Å². The molecule has 0 fully saturated rings. The van der Waals surface area contributed by atoms with Crippen LogP contribution in [0.5, 0.6) is 0 Å². The van der Waals surface area contributed by atoms with E-state index in [0.29, 0.717) is 0 Å². The predicted octanol–water partition coefficient (Wildman–Crippen LogP) is -0.509. The largest absolute Gasteiger partial charge is 0.314 e. The van der Waals surface area contributed by atoms with Gasteiger partial charge in [-0.25, -0.2) is 0 Å². The smallest absolute Gasteiger partial charge is 0.312 e. The van der Waals surface area contributed by atoms with Gasteiger partial charge >= 0.3 is 8.56 Å². The van der Waals surface area contributed by atoms with Crippen molar-refractivity contribution in [3.8, 4) is 0 Å². The molecule has 1 aromatic rings. The molecule has 72 valence electrons. The molecular formula is C9H17N3Si. The van der Waals surface area contributed by atoms with Crippen LogP contribution < -0.4 is 20.1 Å². The molecule has 0 heterocycles. The molecular weight excluding hydrogens is 178 g/mol. The minimum Gasteiger partial charge on any atom is -0.312 e. The average Bonchev–Trinajstić information content (AvgIpc) is 2.23. The normalized spacial score (nSPS) is 11.6. The van der Waals surface area contributed by atoms with Crippen LogP contribution >= 0.6 is 0 Å². The third-order valence-electron chi connectivity index (χ3n) is 2.33. The van der Waals surface area contributed by atoms with Crippen LogP contribution in [-0.4, -0.2) is 29.7 Å². The molecule has 3 nitrogen and oxygen atoms in total. The van der Waals surface area contributed by atoms with Crippen molar-refractivity contribution in [3.05, 3.63) is 30.3 Å². The van der Waals surface area contributed by atoms with Crippen LogP contribution in [0.1, 0.15) is 0 Å². The Morgan fingerprint density at radius 2 is 1.31 bits per heavy atom. The molecule has 0 amide bonds. The molecule has 0 saturated carbocycles. The molecule has 1 rings (SSSR count). The van der Waals surface area contributed by atoms with E-state index in [4.69, 9.17) is 0 Å². The van der Waals surface area contributed by atoms with Crippen molar-refractivity contribution in [2.75, 3.05) is 21.1 Å². The van der Waals surface area contributed by atoms with E-state index in [-0.39, 0.29) is 0 Å². The molecule has 4 heteroatoms. The molecule has 0 unspecified atom stereocenters. The van der Waals surface area contributed by atoms with Gasteiger partial charge in [0.15, 0.2) is 0 Å². The number of nitrogens with one attached hydrogen (secondary N) is 3. The van der Waals surface area contributed by atoms with Crippen molar-refractivity contribution in [2.24, 2.45) is 0 Å². The quantitative estimate of drug-likeness (QED) is 0.567. The summed E-state index contributed by atoms with van der Waals surface area (Å²) in [4.78, 5) is 10.0. The van der Waals surface area contributed by atoms with Crippen LogP contribution in [0.2, 0.25) is 0 Å². The van der Waals surface area contributed by atoms with E-state index in [1.807, 2.05) is 27.2 Å². The van der Waals surface area contributed by atoms with E-state index in [1.165, 1.54) is 5.19 Å². The average molecular weight is 195 g/mol. The highest BCUT2D eigenvalue weighted by molar-refractivity contribution is 6.85. The first-order valence-corrected chi connectivity index (χ1v) is 6.41. The Kier molecular flexibility index (Phi) is 3.62. The predicted molar refractivity (Wildman–Crippen MR) is 59.0 cm³/mol. The van der Waals surface area contributed by atoms with Crippen LogP contribution in [0, 0.1) is 0 Å². The lowest BCUT2D eigenvalue weighted by atomic mass is 10.4. The molecule has 13 heavy (non-hydrogen) atoms. The fourth-order valence-corrected chi connectivity index (χ4v) is 3.80. The first kappa shape index (κ1) is 10.4. The maximum absolute atomic E-state index is 3.35. The summed E-state index contributed by atoms with van der Waals surface area (Å²) in [5.74, 6) is 0. The van der Waals surface area contributed by atoms with E-state index >= 15 is 0 Å². The Morgan fingerprint density at radius 3 is 1.69 bits per heavy atom. The van der Waals surface area contributed by atoms with E-state index in [9.17, 15) is 0 Å². The second-order valence-electron chi connectivity index (χ2n) is 2.87. The number of hydrogen-bond acceptors (Lipinski definition) is 3. The van der Waals surface area contributed by atoms with Gasteiger partial charge < -0.3 is 14.9 Å². The van der Waals surface area contributed by atoms with E-state index in [2.05, 4.69) is 39.2 Å². The third-order valence-corrected chi connectivity index (χ3v) is 5.78. The van der Waals surface area contributed by atoms with Crippen molar-refractivity contribution < 1.29 is 0 Å². The van der Waals surface area contributed by atoms with Gasteiger partial charge in [0.1, 0.15) is 0 Å². The Hall–Kier alpha value is -0.683. The molecule has 0 aliphatic heterocycles. The van der Waals surface area contributed by atoms with E-state index < -0.39 is 8.56 Å². The second kappa shape index (κ2) is 4.52. The standard InChI is InChI=1S/C9H17N3Si/c1-10-13(11-2,12-3)9-7-5-4-6-8-9/h4-8,10-12H,1-3H3. The summed E-state index contributed by atoms with van der Waals surface area (Å²) in [6.45, 7) is 0. The highest BCUT2D eigenvalue weighted by Gasteiger charge is 2.30. The summed E-state index contributed by atoms with van der Waals surface area (Å²) in [7, 11) is 4.09. The van der Waals surface area contributed by atoms with Gasteiger partial charge in [0.05, 0.1) is 0 Å². The van der Waals surface area contributed by atoms with Gasteiger partial charge in [-0.05, 0) is 26.3 Å². The van der Waals surface area contributed by atoms with E-state index in [1.54, 1.807) is 0 Å². The molecule has 3 N–H and O–H groups in total. The fraction of sp³-hybridized carbons (Fsp3) is 0.333. The number of hydrogen-bond donors (Lipinski definition) is 3. The van der Waals surface area contributed by atoms with Gasteiger partial charge in [-0.15, -0.1) is 0 Å². The van der Waals surface area contributed by atoms with Crippen molar-refractivity contribution >= 4 is 13.7 Å². The highest BCUT2D eigenvalue weighted by Crippen LogP contribution is 1.90. The maximum atomic E-state index is 3.35. The van der Waals surface area contributed by atoms with Crippen molar-refractivity contribution in [2.45, 2.75) is 0 Å². The number of benzene rings is 1. The van der Waals surface area contributed by atoms with Crippen LogP contribution in [0.4, 0.5) is 0 Å². The van der Waals surface area contributed by atoms with Crippen molar-refractivity contribution in [1.29, 1.82) is 0 Å². The van der Waals surface area contributed by atoms with Gasteiger partial charge in [0.2, 0.25) is 0 Å². The van der Waals surface area contributed by atoms with Crippen LogP contribution in [0.15, 0.2) is 30.3 Å². The number of rotatable bonds is 4. The Balaban J connectivity index is 3.01. The topological polar surface area (TPSA) is 36.1 Å². The molecule has 0 saturated heterocycles. The Bertz CT molecular complexity index is 238. The lowest BCUT2D eigenvalue weighted by Gasteiger charge is -2.29. The first-order chi connectivity index (χ1) is 6.29. The molecule has 0 bridgehead atoms. The summed E-state index contributed by atoms with van der Waals surface area (Å²) >= 11 is 0. The minimum absolute atomic E-state index is 1.31. The fourth-order valence-electron chi connectivity index (χ4n) is 1.50. The third kappa shape index (κ3) is 1.97. The molecule has 0 aliphatic carbocycles.